The van der Waals surface area contributed by atoms with Gasteiger partial charge in [-0.1, -0.05) is 31.0 Å². The van der Waals surface area contributed by atoms with E-state index in [-0.39, 0.29) is 5.91 Å². The maximum absolute atomic E-state index is 12.0. The van der Waals surface area contributed by atoms with Crippen LogP contribution in [0.1, 0.15) is 52.4 Å². The summed E-state index contributed by atoms with van der Waals surface area (Å²) in [7, 11) is 1.87. The van der Waals surface area contributed by atoms with Gasteiger partial charge < -0.3 is 5.32 Å². The summed E-state index contributed by atoms with van der Waals surface area (Å²) in [4.78, 5) is 16.4. The largest absolute Gasteiger partial charge is 0.320 e. The molecule has 0 radical (unpaired) electrons. The maximum Gasteiger partial charge on any atom is 0.225 e. The second-order valence-electron chi connectivity index (χ2n) is 5.62. The zero-order chi connectivity index (χ0) is 15.7. The average Bonchev–Trinajstić information content (AvgIpc) is 2.49. The van der Waals surface area contributed by atoms with E-state index in [0.717, 1.165) is 16.4 Å². The fourth-order valence-corrected chi connectivity index (χ4v) is 3.86. The number of hydrogen-bond acceptors (Lipinski definition) is 4. The number of carbonyl (C=O) groups excluding carboxylic acids is 1. The molecule has 0 aromatic heterocycles. The first kappa shape index (κ1) is 18.6. The molecule has 0 aromatic carbocycles. The highest BCUT2D eigenvalue weighted by molar-refractivity contribution is 8.17. The van der Waals surface area contributed by atoms with Gasteiger partial charge in [0.2, 0.25) is 5.91 Å². The van der Waals surface area contributed by atoms with Crippen molar-refractivity contribution in [2.24, 2.45) is 10.9 Å². The average molecular weight is 329 g/mol. The number of nitrogens with one attached hydrogen (secondary N) is 1. The van der Waals surface area contributed by atoms with E-state index in [1.54, 1.807) is 23.5 Å². The van der Waals surface area contributed by atoms with Gasteiger partial charge >= 0.3 is 0 Å². The first-order valence-corrected chi connectivity index (χ1v) is 9.90. The van der Waals surface area contributed by atoms with Crippen LogP contribution in [0, 0.1) is 5.92 Å². The van der Waals surface area contributed by atoms with Gasteiger partial charge in [-0.2, -0.15) is 11.8 Å². The predicted octanol–water partition coefficient (Wildman–Crippen LogP) is 4.45. The molecule has 1 aliphatic carbocycles. The number of allylic oxidation sites excluding steroid dienone is 1. The van der Waals surface area contributed by atoms with E-state index in [9.17, 15) is 4.79 Å². The Kier molecular flexibility index (Phi) is 9.16. The molecule has 0 unspecified atom stereocenters. The molecule has 3 nitrogen and oxygen atoms in total. The second-order valence-corrected chi connectivity index (χ2v) is 7.64. The minimum atomic E-state index is 0.104. The summed E-state index contributed by atoms with van der Waals surface area (Å²) in [6.45, 7) is 4.09. The number of aliphatic imine (C=N–C) groups is 1. The van der Waals surface area contributed by atoms with Crippen LogP contribution in [0.2, 0.25) is 0 Å². The lowest BCUT2D eigenvalue weighted by atomic mass is 9.90. The highest BCUT2D eigenvalue weighted by atomic mass is 32.2. The molecule has 0 spiro atoms. The first-order chi connectivity index (χ1) is 10.1. The number of thioether (sulfide) groups is 2. The summed E-state index contributed by atoms with van der Waals surface area (Å²) in [5, 5.41) is 5.21. The van der Waals surface area contributed by atoms with Gasteiger partial charge in [0.15, 0.2) is 0 Å². The van der Waals surface area contributed by atoms with Crippen molar-refractivity contribution in [3.05, 3.63) is 10.6 Å². The van der Waals surface area contributed by atoms with Crippen LogP contribution in [0.25, 0.3) is 0 Å². The Morgan fingerprint density at radius 1 is 1.24 bits per heavy atom. The molecule has 1 fully saturated rings. The molecule has 120 valence electrons. The molecule has 21 heavy (non-hydrogen) atoms. The van der Waals surface area contributed by atoms with E-state index in [1.807, 2.05) is 27.2 Å². The fourth-order valence-electron chi connectivity index (χ4n) is 2.40. The zero-order valence-corrected chi connectivity index (χ0v) is 15.3. The number of nitrogens with zero attached hydrogens (tertiary/aromatic N) is 1. The summed E-state index contributed by atoms with van der Waals surface area (Å²) in [5.41, 5.74) is 1.15. The molecule has 1 saturated carbocycles. The molecule has 1 aliphatic rings. The molecule has 0 heterocycles. The van der Waals surface area contributed by atoms with Gasteiger partial charge in [0.1, 0.15) is 0 Å². The molecule has 1 rings (SSSR count). The molecule has 0 atom stereocenters. The molecular formula is C16H28N2OS2. The van der Waals surface area contributed by atoms with E-state index in [2.05, 4.69) is 10.3 Å². The third-order valence-corrected chi connectivity index (χ3v) is 5.67. The lowest BCUT2D eigenvalue weighted by Crippen LogP contribution is -2.24. The van der Waals surface area contributed by atoms with Crippen molar-refractivity contribution >= 4 is 34.5 Å². The summed E-state index contributed by atoms with van der Waals surface area (Å²) in [6.07, 6.45) is 9.00. The Hall–Kier alpha value is -0.420. The molecule has 1 amide bonds. The Labute approximate surface area is 137 Å². The summed E-state index contributed by atoms with van der Waals surface area (Å²) < 4.78 is 0. The number of hydrogen-bond donors (Lipinski definition) is 1. The molecule has 1 N–H and O–H groups in total. The van der Waals surface area contributed by atoms with Crippen LogP contribution in [0.15, 0.2) is 15.6 Å². The highest BCUT2D eigenvalue weighted by Gasteiger charge is 2.21. The van der Waals surface area contributed by atoms with Crippen LogP contribution in [0.4, 0.5) is 0 Å². The maximum atomic E-state index is 12.0. The highest BCUT2D eigenvalue weighted by Crippen LogP contribution is 2.32. The molecule has 0 aliphatic heterocycles. The Morgan fingerprint density at radius 3 is 2.43 bits per heavy atom. The lowest BCUT2D eigenvalue weighted by Gasteiger charge is -2.24. The van der Waals surface area contributed by atoms with Crippen LogP contribution < -0.4 is 5.32 Å². The Balaban J connectivity index is 2.64. The van der Waals surface area contributed by atoms with Crippen LogP contribution in [0.5, 0.6) is 0 Å². The quantitative estimate of drug-likeness (QED) is 0.578. The molecular weight excluding hydrogens is 300 g/mol. The lowest BCUT2D eigenvalue weighted by molar-refractivity contribution is -0.119. The number of rotatable bonds is 6. The summed E-state index contributed by atoms with van der Waals surface area (Å²) in [5.74, 6) is 1.54. The Morgan fingerprint density at radius 2 is 1.90 bits per heavy atom. The third-order valence-electron chi connectivity index (χ3n) is 3.62. The first-order valence-electron chi connectivity index (χ1n) is 7.69. The van der Waals surface area contributed by atoms with Crippen molar-refractivity contribution < 1.29 is 4.79 Å². The Bertz CT molecular complexity index is 395. The van der Waals surface area contributed by atoms with Gasteiger partial charge in [0.05, 0.1) is 10.1 Å². The fraction of sp³-hybridized carbons (Fsp3) is 0.750. The van der Waals surface area contributed by atoms with E-state index in [4.69, 9.17) is 0 Å². The van der Waals surface area contributed by atoms with E-state index >= 15 is 0 Å². The van der Waals surface area contributed by atoms with Crippen LogP contribution >= 0.6 is 23.5 Å². The molecule has 5 heteroatoms. The third kappa shape index (κ3) is 6.92. The van der Waals surface area contributed by atoms with Gasteiger partial charge in [-0.15, -0.1) is 0 Å². The predicted molar refractivity (Wildman–Crippen MR) is 97.0 cm³/mol. The summed E-state index contributed by atoms with van der Waals surface area (Å²) >= 11 is 3.36. The van der Waals surface area contributed by atoms with Crippen molar-refractivity contribution in [2.45, 2.75) is 52.4 Å². The molecule has 0 bridgehead atoms. The van der Waals surface area contributed by atoms with Crippen LogP contribution in [-0.4, -0.2) is 30.0 Å². The van der Waals surface area contributed by atoms with Crippen molar-refractivity contribution in [3.63, 3.8) is 0 Å². The van der Waals surface area contributed by atoms with Gasteiger partial charge in [-0.05, 0) is 38.5 Å². The van der Waals surface area contributed by atoms with Gasteiger partial charge in [0, 0.05) is 25.1 Å². The molecule has 0 saturated heterocycles. The molecule has 0 aromatic rings. The summed E-state index contributed by atoms with van der Waals surface area (Å²) in [6, 6.07) is 0. The normalized spacial score (nSPS) is 16.7. The van der Waals surface area contributed by atoms with Crippen LogP contribution in [-0.2, 0) is 4.79 Å². The van der Waals surface area contributed by atoms with E-state index in [1.165, 1.54) is 37.1 Å². The van der Waals surface area contributed by atoms with Crippen LogP contribution in [0.3, 0.4) is 0 Å². The monoisotopic (exact) mass is 328 g/mol. The smallest absolute Gasteiger partial charge is 0.225 e. The van der Waals surface area contributed by atoms with Crippen molar-refractivity contribution in [2.75, 3.05) is 19.1 Å². The van der Waals surface area contributed by atoms with Crippen molar-refractivity contribution in [3.8, 4) is 0 Å². The minimum Gasteiger partial charge on any atom is -0.320 e. The second kappa shape index (κ2) is 10.3. The SMILES string of the molecule is CN=C(SC(NC(=O)CCSC)=C(C)C)C1CCCCC1. The van der Waals surface area contributed by atoms with E-state index in [0.29, 0.717) is 12.3 Å². The minimum absolute atomic E-state index is 0.104. The van der Waals surface area contributed by atoms with E-state index < -0.39 is 0 Å². The van der Waals surface area contributed by atoms with Gasteiger partial charge in [-0.25, -0.2) is 0 Å². The number of carbonyl (C=O) groups is 1. The van der Waals surface area contributed by atoms with Gasteiger partial charge in [-0.3, -0.25) is 9.79 Å². The number of amides is 1. The zero-order valence-electron chi connectivity index (χ0n) is 13.7. The topological polar surface area (TPSA) is 41.5 Å². The van der Waals surface area contributed by atoms with Crippen molar-refractivity contribution in [1.29, 1.82) is 0 Å². The van der Waals surface area contributed by atoms with Gasteiger partial charge in [0.25, 0.3) is 0 Å². The van der Waals surface area contributed by atoms with Crippen molar-refractivity contribution in [1.82, 2.24) is 5.32 Å². The standard InChI is InChI=1S/C16H28N2OS2/c1-12(2)15(18-14(19)10-11-20-4)21-16(17-3)13-8-6-5-7-9-13/h13H,5-11H2,1-4H3,(H,18,19).